The van der Waals surface area contributed by atoms with Crippen molar-refractivity contribution in [2.24, 2.45) is 64.1 Å². The summed E-state index contributed by atoms with van der Waals surface area (Å²) in [6.45, 7) is 23.4. The topological polar surface area (TPSA) is 0 Å². The van der Waals surface area contributed by atoms with E-state index in [0.717, 1.165) is 47.3 Å². The first-order chi connectivity index (χ1) is 16.2. The van der Waals surface area contributed by atoms with Gasteiger partial charge in [-0.1, -0.05) is 80.7 Å². The third kappa shape index (κ3) is 5.23. The fourth-order valence-electron chi connectivity index (χ4n) is 10.3. The molecule has 198 valence electrons. The zero-order chi connectivity index (χ0) is 25.1. The van der Waals surface area contributed by atoms with E-state index in [0.29, 0.717) is 16.7 Å². The summed E-state index contributed by atoms with van der Waals surface area (Å²) in [6, 6.07) is 0. The molecule has 0 heteroatoms. The lowest BCUT2D eigenvalue weighted by atomic mass is 9.42. The van der Waals surface area contributed by atoms with E-state index in [1.54, 1.807) is 32.1 Å². The third-order valence-corrected chi connectivity index (χ3v) is 12.3. The molecule has 0 aromatic carbocycles. The van der Waals surface area contributed by atoms with Crippen LogP contribution in [0.15, 0.2) is 12.7 Å². The van der Waals surface area contributed by atoms with Crippen LogP contribution in [0.3, 0.4) is 0 Å². The first kappa shape index (κ1) is 28.3. The summed E-state index contributed by atoms with van der Waals surface area (Å²) >= 11 is 0. The average molecular weight is 471 g/mol. The van der Waals surface area contributed by atoms with E-state index in [4.69, 9.17) is 0 Å². The quantitative estimate of drug-likeness (QED) is 0.309. The minimum Gasteiger partial charge on any atom is -0.103 e. The molecule has 10 atom stereocenters. The second-order valence-corrected chi connectivity index (χ2v) is 14.0. The number of allylic oxidation sites excluding steroid dienone is 1. The van der Waals surface area contributed by atoms with Gasteiger partial charge in [-0.05, 0) is 128 Å². The van der Waals surface area contributed by atoms with E-state index in [1.165, 1.54) is 51.4 Å². The summed E-state index contributed by atoms with van der Waals surface area (Å²) in [5, 5.41) is 0. The summed E-state index contributed by atoms with van der Waals surface area (Å²) in [5.74, 6) is 8.56. The molecule has 0 radical (unpaired) electrons. The van der Waals surface area contributed by atoms with Gasteiger partial charge in [-0.15, -0.1) is 6.58 Å². The number of rotatable bonds is 8. The molecular formula is C34H62. The summed E-state index contributed by atoms with van der Waals surface area (Å²) in [5.41, 5.74) is 1.30. The predicted octanol–water partition coefficient (Wildman–Crippen LogP) is 11.0. The molecule has 34 heavy (non-hydrogen) atoms. The molecule has 0 spiro atoms. The fourth-order valence-corrected chi connectivity index (χ4v) is 10.3. The van der Waals surface area contributed by atoms with Crippen LogP contribution < -0.4 is 0 Å². The molecule has 4 rings (SSSR count). The fraction of sp³-hybridized carbons (Fsp3) is 0.941. The summed E-state index contributed by atoms with van der Waals surface area (Å²) in [6.07, 6.45) is 21.7. The van der Waals surface area contributed by atoms with Crippen LogP contribution >= 0.6 is 0 Å². The lowest BCUT2D eigenvalue weighted by Crippen LogP contribution is -2.56. The Bertz CT molecular complexity index is 632. The second-order valence-electron chi connectivity index (χ2n) is 14.0. The molecule has 0 saturated heterocycles. The van der Waals surface area contributed by atoms with E-state index in [9.17, 15) is 0 Å². The molecule has 0 nitrogen and oxygen atoms in total. The van der Waals surface area contributed by atoms with Crippen LogP contribution in [0.2, 0.25) is 0 Å². The Hall–Kier alpha value is -0.260. The standard InChI is InChI=1S/C32H56.C2H6/c1-8-11-24-16-18-32(7)27(21-24)20-23(5)30-28-15-14-26(31(28,6)19-17-29(30)32)13-10-12-25(9-2)22(3)4;1-2/h9,22-30H,2,8,10-21H2,1,3-7H3;1-2H3. The van der Waals surface area contributed by atoms with Crippen LogP contribution in [0.25, 0.3) is 0 Å². The predicted molar refractivity (Wildman–Crippen MR) is 152 cm³/mol. The van der Waals surface area contributed by atoms with Gasteiger partial charge >= 0.3 is 0 Å². The summed E-state index contributed by atoms with van der Waals surface area (Å²) in [4.78, 5) is 0. The normalized spacial score (nSPS) is 44.3. The van der Waals surface area contributed by atoms with Crippen molar-refractivity contribution in [1.82, 2.24) is 0 Å². The molecule has 0 aromatic heterocycles. The Morgan fingerprint density at radius 3 is 2.24 bits per heavy atom. The molecular weight excluding hydrogens is 408 g/mol. The molecule has 4 aliphatic carbocycles. The molecule has 0 amide bonds. The second kappa shape index (κ2) is 11.9. The summed E-state index contributed by atoms with van der Waals surface area (Å²) in [7, 11) is 0. The Morgan fingerprint density at radius 2 is 1.59 bits per heavy atom. The maximum atomic E-state index is 4.12. The third-order valence-electron chi connectivity index (χ3n) is 12.3. The first-order valence-electron chi connectivity index (χ1n) is 15.9. The van der Waals surface area contributed by atoms with Gasteiger partial charge in [-0.25, -0.2) is 0 Å². The van der Waals surface area contributed by atoms with Crippen LogP contribution in [0.5, 0.6) is 0 Å². The van der Waals surface area contributed by atoms with Gasteiger partial charge in [0.05, 0.1) is 0 Å². The lowest BCUT2D eigenvalue weighted by molar-refractivity contribution is -0.141. The lowest BCUT2D eigenvalue weighted by Gasteiger charge is -2.63. The van der Waals surface area contributed by atoms with Crippen molar-refractivity contribution < 1.29 is 0 Å². The van der Waals surface area contributed by atoms with Crippen LogP contribution in [-0.4, -0.2) is 0 Å². The van der Waals surface area contributed by atoms with Crippen LogP contribution in [0, 0.1) is 64.1 Å². The minimum atomic E-state index is 0.638. The van der Waals surface area contributed by atoms with Crippen molar-refractivity contribution in [2.75, 3.05) is 0 Å². The van der Waals surface area contributed by atoms with Gasteiger partial charge < -0.3 is 0 Å². The Labute approximate surface area is 215 Å². The van der Waals surface area contributed by atoms with Crippen molar-refractivity contribution in [2.45, 2.75) is 139 Å². The molecule has 4 fully saturated rings. The van der Waals surface area contributed by atoms with E-state index in [1.807, 2.05) is 13.8 Å². The summed E-state index contributed by atoms with van der Waals surface area (Å²) < 4.78 is 0. The first-order valence-corrected chi connectivity index (χ1v) is 15.9. The van der Waals surface area contributed by atoms with Gasteiger partial charge in [-0.3, -0.25) is 0 Å². The Morgan fingerprint density at radius 1 is 0.912 bits per heavy atom. The van der Waals surface area contributed by atoms with E-state index < -0.39 is 0 Å². The molecule has 0 bridgehead atoms. The van der Waals surface area contributed by atoms with Crippen molar-refractivity contribution in [3.05, 3.63) is 12.7 Å². The maximum absolute atomic E-state index is 4.12. The van der Waals surface area contributed by atoms with Crippen molar-refractivity contribution in [1.29, 1.82) is 0 Å². The van der Waals surface area contributed by atoms with Crippen LogP contribution in [0.4, 0.5) is 0 Å². The SMILES string of the molecule is C=CC(CCCC1CCC2C3C(C)CC4CC(CCC)CCC4(C)C3CCC12C)C(C)C.CC. The van der Waals surface area contributed by atoms with Crippen molar-refractivity contribution in [3.8, 4) is 0 Å². The van der Waals surface area contributed by atoms with E-state index >= 15 is 0 Å². The number of fused-ring (bicyclic) bond motifs is 5. The molecule has 10 unspecified atom stereocenters. The van der Waals surface area contributed by atoms with Gasteiger partial charge in [0.25, 0.3) is 0 Å². The highest BCUT2D eigenvalue weighted by Gasteiger charge is 2.61. The van der Waals surface area contributed by atoms with Crippen molar-refractivity contribution in [3.63, 3.8) is 0 Å². The molecule has 0 aliphatic heterocycles. The Balaban J connectivity index is 0.00000158. The monoisotopic (exact) mass is 470 g/mol. The van der Waals surface area contributed by atoms with Crippen molar-refractivity contribution >= 4 is 0 Å². The van der Waals surface area contributed by atoms with E-state index in [2.05, 4.69) is 54.2 Å². The van der Waals surface area contributed by atoms with E-state index in [-0.39, 0.29) is 0 Å². The molecule has 4 aliphatic rings. The molecule has 0 heterocycles. The molecule has 4 saturated carbocycles. The van der Waals surface area contributed by atoms with Gasteiger partial charge in [0.1, 0.15) is 0 Å². The Kier molecular flexibility index (Phi) is 9.87. The van der Waals surface area contributed by atoms with Gasteiger partial charge in [-0.2, -0.15) is 0 Å². The highest BCUT2D eigenvalue weighted by atomic mass is 14.7. The van der Waals surface area contributed by atoms with Crippen LogP contribution in [0.1, 0.15) is 139 Å². The highest BCUT2D eigenvalue weighted by molar-refractivity contribution is 5.10. The highest BCUT2D eigenvalue weighted by Crippen LogP contribution is 2.69. The smallest absolute Gasteiger partial charge is 0.0213 e. The average Bonchev–Trinajstić information content (AvgIpc) is 3.15. The molecule has 0 N–H and O–H groups in total. The zero-order valence-corrected chi connectivity index (χ0v) is 24.7. The number of hydrogen-bond donors (Lipinski definition) is 0. The van der Waals surface area contributed by atoms with Gasteiger partial charge in [0.2, 0.25) is 0 Å². The maximum Gasteiger partial charge on any atom is -0.0213 e. The number of hydrogen-bond acceptors (Lipinski definition) is 0. The molecule has 0 aromatic rings. The largest absolute Gasteiger partial charge is 0.103 e. The van der Waals surface area contributed by atoms with Gasteiger partial charge in [0.15, 0.2) is 0 Å². The van der Waals surface area contributed by atoms with Gasteiger partial charge in [0, 0.05) is 0 Å². The van der Waals surface area contributed by atoms with Crippen LogP contribution in [-0.2, 0) is 0 Å². The zero-order valence-electron chi connectivity index (χ0n) is 24.7. The minimum absolute atomic E-state index is 0.638.